The average Bonchev–Trinajstić information content (AvgIpc) is 2.43. The molecule has 1 rings (SSSR count). The van der Waals surface area contributed by atoms with Gasteiger partial charge in [-0.15, -0.1) is 0 Å². The first-order chi connectivity index (χ1) is 9.49. The zero-order valence-corrected chi connectivity index (χ0v) is 12.7. The maximum Gasteiger partial charge on any atom is 0.335 e. The Labute approximate surface area is 121 Å². The first-order valence-corrected chi connectivity index (χ1v) is 8.22. The second-order valence-electron chi connectivity index (χ2n) is 4.88. The van der Waals surface area contributed by atoms with Crippen molar-refractivity contribution in [2.75, 3.05) is 5.75 Å². The summed E-state index contributed by atoms with van der Waals surface area (Å²) in [6.45, 7) is 4.13. The van der Waals surface area contributed by atoms with Gasteiger partial charge in [0.2, 0.25) is 0 Å². The summed E-state index contributed by atoms with van der Waals surface area (Å²) >= 11 is 0. The number of hydrogen-bond acceptors (Lipinski definition) is 2. The number of carboxylic acid groups (broad SMARTS) is 1. The van der Waals surface area contributed by atoms with Crippen LogP contribution in [0.15, 0.2) is 23.1 Å². The number of rotatable bonds is 8. The van der Waals surface area contributed by atoms with Gasteiger partial charge in [-0.2, -0.15) is 0 Å². The van der Waals surface area contributed by atoms with Crippen molar-refractivity contribution in [2.45, 2.75) is 44.4 Å². The Balaban J connectivity index is 2.85. The van der Waals surface area contributed by atoms with E-state index in [2.05, 4.69) is 6.92 Å². The largest absolute Gasteiger partial charge is 0.478 e. The SMILES string of the molecule is CCCCC(CC)CS(=O)c1cc(C(=O)O)ccc1F. The molecule has 0 spiro atoms. The van der Waals surface area contributed by atoms with E-state index in [1.54, 1.807) is 0 Å². The number of halogens is 1. The van der Waals surface area contributed by atoms with Crippen LogP contribution in [0.2, 0.25) is 0 Å². The number of unbranched alkanes of at least 4 members (excludes halogenated alkanes) is 1. The highest BCUT2D eigenvalue weighted by Crippen LogP contribution is 2.20. The highest BCUT2D eigenvalue weighted by molar-refractivity contribution is 7.85. The Bertz CT molecular complexity index is 488. The van der Waals surface area contributed by atoms with Crippen molar-refractivity contribution in [3.8, 4) is 0 Å². The molecule has 0 saturated heterocycles. The van der Waals surface area contributed by atoms with Gasteiger partial charge in [-0.1, -0.05) is 33.1 Å². The topological polar surface area (TPSA) is 54.4 Å². The van der Waals surface area contributed by atoms with E-state index in [9.17, 15) is 13.4 Å². The summed E-state index contributed by atoms with van der Waals surface area (Å²) in [5.74, 6) is -1.07. The van der Waals surface area contributed by atoms with Crippen molar-refractivity contribution >= 4 is 16.8 Å². The molecule has 5 heteroatoms. The predicted molar refractivity (Wildman–Crippen MR) is 77.9 cm³/mol. The molecule has 1 N–H and O–H groups in total. The summed E-state index contributed by atoms with van der Waals surface area (Å²) in [5.41, 5.74) is -0.0312. The summed E-state index contributed by atoms with van der Waals surface area (Å²) in [6.07, 6.45) is 4.00. The van der Waals surface area contributed by atoms with Gasteiger partial charge >= 0.3 is 5.97 Å². The van der Waals surface area contributed by atoms with Gasteiger partial charge < -0.3 is 5.11 Å². The number of carboxylic acids is 1. The van der Waals surface area contributed by atoms with Crippen LogP contribution in [0, 0.1) is 11.7 Å². The van der Waals surface area contributed by atoms with E-state index >= 15 is 0 Å². The lowest BCUT2D eigenvalue weighted by Crippen LogP contribution is -2.12. The quantitative estimate of drug-likeness (QED) is 0.793. The van der Waals surface area contributed by atoms with Crippen molar-refractivity contribution in [3.63, 3.8) is 0 Å². The van der Waals surface area contributed by atoms with Crippen LogP contribution in [0.4, 0.5) is 4.39 Å². The maximum atomic E-state index is 13.7. The third kappa shape index (κ3) is 4.71. The molecule has 20 heavy (non-hydrogen) atoms. The van der Waals surface area contributed by atoms with Gasteiger partial charge in [0.05, 0.1) is 21.3 Å². The lowest BCUT2D eigenvalue weighted by atomic mass is 10.0. The third-order valence-corrected chi connectivity index (χ3v) is 4.93. The highest BCUT2D eigenvalue weighted by Gasteiger charge is 2.17. The highest BCUT2D eigenvalue weighted by atomic mass is 32.2. The molecule has 2 atom stereocenters. The molecule has 0 saturated carbocycles. The molecule has 2 unspecified atom stereocenters. The van der Waals surface area contributed by atoms with E-state index in [0.717, 1.165) is 31.7 Å². The van der Waals surface area contributed by atoms with Crippen molar-refractivity contribution < 1.29 is 18.5 Å². The molecule has 3 nitrogen and oxygen atoms in total. The summed E-state index contributed by atoms with van der Waals surface area (Å²) in [5, 5.41) is 8.90. The van der Waals surface area contributed by atoms with E-state index in [4.69, 9.17) is 5.11 Å². The molecule has 1 aromatic rings. The Morgan fingerprint density at radius 2 is 2.10 bits per heavy atom. The molecule has 0 amide bonds. The molecule has 112 valence electrons. The lowest BCUT2D eigenvalue weighted by Gasteiger charge is -2.14. The van der Waals surface area contributed by atoms with Gasteiger partial charge in [0.25, 0.3) is 0 Å². The summed E-state index contributed by atoms with van der Waals surface area (Å²) < 4.78 is 26.0. The fourth-order valence-electron chi connectivity index (χ4n) is 2.01. The molecule has 1 aromatic carbocycles. The average molecular weight is 300 g/mol. The van der Waals surface area contributed by atoms with Crippen LogP contribution in [0.5, 0.6) is 0 Å². The van der Waals surface area contributed by atoms with Gasteiger partial charge in [-0.05, 0) is 30.5 Å². The number of carbonyl (C=O) groups is 1. The molecule has 0 aliphatic heterocycles. The van der Waals surface area contributed by atoms with Crippen LogP contribution < -0.4 is 0 Å². The lowest BCUT2D eigenvalue weighted by molar-refractivity contribution is 0.0696. The van der Waals surface area contributed by atoms with Crippen LogP contribution in [0.1, 0.15) is 49.9 Å². The van der Waals surface area contributed by atoms with Crippen LogP contribution >= 0.6 is 0 Å². The minimum absolute atomic E-state index is 0.000140. The smallest absolute Gasteiger partial charge is 0.335 e. The fraction of sp³-hybridized carbons (Fsp3) is 0.533. The Morgan fingerprint density at radius 3 is 2.65 bits per heavy atom. The molecule has 0 fully saturated rings. The van der Waals surface area contributed by atoms with Gasteiger partial charge in [0.15, 0.2) is 0 Å². The molecule has 0 aliphatic carbocycles. The minimum atomic E-state index is -1.49. The second-order valence-corrected chi connectivity index (χ2v) is 6.34. The Hall–Kier alpha value is -1.23. The van der Waals surface area contributed by atoms with Gasteiger partial charge in [0.1, 0.15) is 5.82 Å². The van der Waals surface area contributed by atoms with Gasteiger partial charge in [0, 0.05) is 5.75 Å². The van der Waals surface area contributed by atoms with E-state index in [0.29, 0.717) is 5.75 Å². The van der Waals surface area contributed by atoms with E-state index < -0.39 is 22.6 Å². The summed E-state index contributed by atoms with van der Waals surface area (Å²) in [4.78, 5) is 10.9. The van der Waals surface area contributed by atoms with Crippen molar-refractivity contribution in [3.05, 3.63) is 29.6 Å². The minimum Gasteiger partial charge on any atom is -0.478 e. The van der Waals surface area contributed by atoms with E-state index in [1.165, 1.54) is 12.1 Å². The molecular formula is C15H21FO3S. The number of aromatic carboxylic acids is 1. The molecule has 0 bridgehead atoms. The molecule has 0 radical (unpaired) electrons. The Kier molecular flexibility index (Phi) is 6.85. The number of hydrogen-bond donors (Lipinski definition) is 1. The zero-order chi connectivity index (χ0) is 15.1. The molecular weight excluding hydrogens is 279 g/mol. The van der Waals surface area contributed by atoms with Crippen molar-refractivity contribution in [2.24, 2.45) is 5.92 Å². The normalized spacial score (nSPS) is 13.9. The fourth-order valence-corrected chi connectivity index (χ4v) is 3.57. The Morgan fingerprint density at radius 1 is 1.40 bits per heavy atom. The van der Waals surface area contributed by atoms with Gasteiger partial charge in [-0.3, -0.25) is 4.21 Å². The van der Waals surface area contributed by atoms with Crippen LogP contribution in [-0.4, -0.2) is 21.0 Å². The molecule has 0 aliphatic rings. The standard InChI is InChI=1S/C15H21FO3S/c1-3-5-6-11(4-2)10-20(19)14-9-12(15(17)18)7-8-13(14)16/h7-9,11H,3-6,10H2,1-2H3,(H,17,18). The second kappa shape index (κ2) is 8.15. The van der Waals surface area contributed by atoms with Crippen LogP contribution in [0.25, 0.3) is 0 Å². The van der Waals surface area contributed by atoms with Crippen molar-refractivity contribution in [1.82, 2.24) is 0 Å². The summed E-state index contributed by atoms with van der Waals surface area (Å²) in [7, 11) is -1.49. The predicted octanol–water partition coefficient (Wildman–Crippen LogP) is 3.85. The summed E-state index contributed by atoms with van der Waals surface area (Å²) in [6, 6.07) is 3.44. The first-order valence-electron chi connectivity index (χ1n) is 6.90. The zero-order valence-electron chi connectivity index (χ0n) is 11.9. The van der Waals surface area contributed by atoms with Crippen molar-refractivity contribution in [1.29, 1.82) is 0 Å². The van der Waals surface area contributed by atoms with Crippen LogP contribution in [0.3, 0.4) is 0 Å². The van der Waals surface area contributed by atoms with Gasteiger partial charge in [-0.25, -0.2) is 9.18 Å². The monoisotopic (exact) mass is 300 g/mol. The van der Waals surface area contributed by atoms with E-state index in [-0.39, 0.29) is 16.4 Å². The third-order valence-electron chi connectivity index (χ3n) is 3.35. The van der Waals surface area contributed by atoms with E-state index in [1.807, 2.05) is 6.92 Å². The number of benzene rings is 1. The molecule has 0 aromatic heterocycles. The van der Waals surface area contributed by atoms with Crippen LogP contribution in [-0.2, 0) is 10.8 Å². The maximum absolute atomic E-state index is 13.7. The molecule has 0 heterocycles. The first kappa shape index (κ1) is 16.8.